The molecule has 0 spiro atoms. The van der Waals surface area contributed by atoms with E-state index in [1.165, 1.54) is 35.2 Å². The molecule has 1 saturated heterocycles. The summed E-state index contributed by atoms with van der Waals surface area (Å²) >= 11 is 6.74. The third-order valence-corrected chi connectivity index (χ3v) is 15.8. The number of aliphatic carboxylic acids is 1. The molecule has 2 aromatic carbocycles. The molecule has 4 aliphatic rings. The van der Waals surface area contributed by atoms with Gasteiger partial charge in [0.05, 0.1) is 66.1 Å². The van der Waals surface area contributed by atoms with Crippen LogP contribution in [0.15, 0.2) is 52.7 Å². The summed E-state index contributed by atoms with van der Waals surface area (Å²) in [7, 11) is -3.53. The first-order valence-corrected chi connectivity index (χ1v) is 28.5. The van der Waals surface area contributed by atoms with Gasteiger partial charge < -0.3 is 74.5 Å². The number of amides is 3. The molecule has 1 aliphatic carbocycles. The van der Waals surface area contributed by atoms with Crippen molar-refractivity contribution in [3.05, 3.63) is 103 Å². The molecule has 0 radical (unpaired) electrons. The minimum absolute atomic E-state index is 0.0428. The predicted molar refractivity (Wildman–Crippen MR) is 289 cm³/mol. The second kappa shape index (κ2) is 25.1. The zero-order valence-corrected chi connectivity index (χ0v) is 46.5. The van der Waals surface area contributed by atoms with Gasteiger partial charge in [0.1, 0.15) is 43.9 Å². The smallest absolute Gasteiger partial charge is 0.407 e. The topological polar surface area (TPSA) is 373 Å². The third kappa shape index (κ3) is 12.8. The number of aliphatic hydroxyl groups is 4. The van der Waals surface area contributed by atoms with Gasteiger partial charge in [-0.05, 0) is 79.1 Å². The second-order valence-corrected chi connectivity index (χ2v) is 22.4. The van der Waals surface area contributed by atoms with E-state index in [0.717, 1.165) is 22.8 Å². The van der Waals surface area contributed by atoms with Gasteiger partial charge in [0.15, 0.2) is 11.7 Å². The van der Waals surface area contributed by atoms with Crippen LogP contribution in [0, 0.1) is 18.8 Å². The lowest BCUT2D eigenvalue weighted by Gasteiger charge is -2.38. The lowest BCUT2D eigenvalue weighted by molar-refractivity contribution is -0.271. The number of sulfone groups is 1. The number of esters is 1. The molecule has 3 aliphatic heterocycles. The van der Waals surface area contributed by atoms with Crippen LogP contribution in [0.1, 0.15) is 89.6 Å². The number of nitrogens with one attached hydrogen (secondary N) is 3. The molecule has 1 fully saturated rings. The Bertz CT molecular complexity index is 3650. The van der Waals surface area contributed by atoms with Gasteiger partial charge in [0.25, 0.3) is 5.56 Å². The van der Waals surface area contributed by atoms with Crippen molar-refractivity contribution in [3.63, 3.8) is 0 Å². The number of aryl methyl sites for hydroxylation is 1. The number of halogens is 1. The Labute approximate surface area is 478 Å². The molecule has 0 bridgehead atoms. The van der Waals surface area contributed by atoms with Crippen LogP contribution >= 0.6 is 11.6 Å². The van der Waals surface area contributed by atoms with E-state index in [1.807, 2.05) is 6.92 Å². The number of pyridine rings is 2. The highest BCUT2D eigenvalue weighted by atomic mass is 35.5. The number of aromatic nitrogens is 4. The number of aliphatic hydroxyl groups excluding tert-OH is 3. The molecule has 0 saturated carbocycles. The van der Waals surface area contributed by atoms with Crippen LogP contribution in [0.5, 0.6) is 5.75 Å². The Kier molecular flexibility index (Phi) is 18.1. The van der Waals surface area contributed by atoms with E-state index >= 15 is 0 Å². The number of ether oxygens (including phenoxy) is 6. The van der Waals surface area contributed by atoms with Crippen molar-refractivity contribution < 1.29 is 86.3 Å². The van der Waals surface area contributed by atoms with Gasteiger partial charge in [0, 0.05) is 59.6 Å². The fraction of sp³-hybridized carbons (Fsp3) is 0.436. The maximum Gasteiger partial charge on any atom is 0.407 e. The normalized spacial score (nSPS) is 21.3. The van der Waals surface area contributed by atoms with Crippen LogP contribution in [0.25, 0.3) is 22.3 Å². The summed E-state index contributed by atoms with van der Waals surface area (Å²) in [5.41, 5.74) is 2.76. The van der Waals surface area contributed by atoms with Gasteiger partial charge in [0.2, 0.25) is 33.1 Å². The van der Waals surface area contributed by atoms with E-state index < -0.39 is 88.3 Å². The lowest BCUT2D eigenvalue weighted by Crippen LogP contribution is -2.61. The van der Waals surface area contributed by atoms with Gasteiger partial charge in [-0.25, -0.2) is 37.8 Å². The molecule has 28 heteroatoms. The summed E-state index contributed by atoms with van der Waals surface area (Å²) in [5, 5.41) is 61.7. The van der Waals surface area contributed by atoms with Gasteiger partial charge in [-0.1, -0.05) is 36.4 Å². The molecule has 8 N–H and O–H groups in total. The molecule has 7 atom stereocenters. The van der Waals surface area contributed by atoms with Crippen LogP contribution in [-0.2, 0) is 84.5 Å². The summed E-state index contributed by atoms with van der Waals surface area (Å²) in [5.74, 6) is 2.05. The first-order valence-electron chi connectivity index (χ1n) is 26.3. The maximum absolute atomic E-state index is 14.1. The monoisotopic (exact) mass is 1190 g/mol. The predicted octanol–water partition coefficient (Wildman–Crippen LogP) is 1.73. The van der Waals surface area contributed by atoms with Crippen molar-refractivity contribution in [2.45, 2.75) is 120 Å². The molecule has 83 heavy (non-hydrogen) atoms. The highest BCUT2D eigenvalue weighted by Crippen LogP contribution is 2.47. The van der Waals surface area contributed by atoms with Crippen LogP contribution in [0.3, 0.4) is 0 Å². The summed E-state index contributed by atoms with van der Waals surface area (Å²) < 4.78 is 57.6. The molecule has 9 rings (SSSR count). The summed E-state index contributed by atoms with van der Waals surface area (Å²) in [6, 6.07) is 6.76. The minimum Gasteiger partial charge on any atom is -0.479 e. The second-order valence-electron chi connectivity index (χ2n) is 20.1. The van der Waals surface area contributed by atoms with E-state index in [1.54, 1.807) is 19.1 Å². The number of rotatable bonds is 20. The van der Waals surface area contributed by atoms with Crippen molar-refractivity contribution in [2.75, 3.05) is 44.5 Å². The molecular formula is C55H58ClN7O19S. The molecule has 440 valence electrons. The van der Waals surface area contributed by atoms with E-state index in [2.05, 4.69) is 37.8 Å². The summed E-state index contributed by atoms with van der Waals surface area (Å²) in [4.78, 5) is 90.8. The number of cyclic esters (lactones) is 1. The van der Waals surface area contributed by atoms with Gasteiger partial charge >= 0.3 is 18.0 Å². The summed E-state index contributed by atoms with van der Waals surface area (Å²) in [6.07, 6.45) is -5.16. The number of hydrogen-bond acceptors (Lipinski definition) is 21. The number of nitrogens with zero attached hydrogens (tertiary/aromatic N) is 4. The maximum atomic E-state index is 14.1. The highest BCUT2D eigenvalue weighted by molar-refractivity contribution is 7.90. The Morgan fingerprint density at radius 3 is 2.47 bits per heavy atom. The number of carboxylic acids is 1. The molecule has 5 aromatic rings. The van der Waals surface area contributed by atoms with Crippen molar-refractivity contribution >= 4 is 67.9 Å². The van der Waals surface area contributed by atoms with Crippen LogP contribution < -0.4 is 26.2 Å². The number of unbranched alkanes of at least 4 members (excludes halogenated alkanes) is 1. The summed E-state index contributed by atoms with van der Waals surface area (Å²) in [6.45, 7) is 2.65. The average Bonchev–Trinajstić information content (AvgIpc) is 1.87. The Balaban J connectivity index is 0.825. The van der Waals surface area contributed by atoms with Crippen molar-refractivity contribution in [2.24, 2.45) is 0 Å². The zero-order valence-electron chi connectivity index (χ0n) is 44.9. The molecular weight excluding hydrogens is 1130 g/mol. The minimum atomic E-state index is -3.53. The van der Waals surface area contributed by atoms with Crippen LogP contribution in [0.4, 0.5) is 10.5 Å². The number of carbonyl (C=O) groups is 5. The zero-order chi connectivity index (χ0) is 59.5. The van der Waals surface area contributed by atoms with E-state index in [9.17, 15) is 62.7 Å². The first-order chi connectivity index (χ1) is 39.6. The Hall–Kier alpha value is -7.65. The SMILES string of the molecule is CC[C@@]1(O)C(=O)OCc2c1cc1n(c2=O)Cc2c-1nc1cc(Cl)c(C)c3c1c2[C@H](NC(=O)OCc1ccc(O[C@@H]2O[C@H](C(=O)O)[C@@H](O)[C@H](O)[C@H]2O)c(NC(=O)COCCOCCNC(=O)CCCC#Cc2cnc(S(C)(=O)=O)nc2)c1)CC3. The first kappa shape index (κ1) is 60.0. The van der Waals surface area contributed by atoms with Crippen LogP contribution in [-0.4, -0.2) is 153 Å². The molecule has 3 amide bonds. The molecule has 6 heterocycles. The van der Waals surface area contributed by atoms with Gasteiger partial charge in [-0.15, -0.1) is 0 Å². The van der Waals surface area contributed by atoms with Crippen LogP contribution in [0.2, 0.25) is 5.02 Å². The highest BCUT2D eigenvalue weighted by Gasteiger charge is 2.49. The van der Waals surface area contributed by atoms with Crippen molar-refractivity contribution in [1.82, 2.24) is 30.2 Å². The number of anilines is 1. The number of hydrogen-bond donors (Lipinski definition) is 8. The quantitative estimate of drug-likeness (QED) is 0.0233. The van der Waals surface area contributed by atoms with Gasteiger partial charge in [-0.2, -0.15) is 0 Å². The third-order valence-electron chi connectivity index (χ3n) is 14.5. The lowest BCUT2D eigenvalue weighted by atomic mass is 9.82. The molecule has 26 nitrogen and oxygen atoms in total. The number of carbonyl (C=O) groups excluding carboxylic acids is 4. The van der Waals surface area contributed by atoms with E-state index in [0.29, 0.717) is 69.9 Å². The number of benzene rings is 2. The van der Waals surface area contributed by atoms with E-state index in [-0.39, 0.29) is 92.6 Å². The molecule has 3 aromatic heterocycles. The Morgan fingerprint density at radius 1 is 0.976 bits per heavy atom. The Morgan fingerprint density at radius 2 is 1.73 bits per heavy atom. The van der Waals surface area contributed by atoms with Crippen molar-refractivity contribution in [3.8, 4) is 29.0 Å². The van der Waals surface area contributed by atoms with Crippen molar-refractivity contribution in [1.29, 1.82) is 0 Å². The fourth-order valence-electron chi connectivity index (χ4n) is 10.2. The standard InChI is InChI=1S/C55H58ClN7O19S/c1-4-55(74)33-19-38-44-31(23-63(38)49(69)32(33)25-79-52(55)72)43-35(12-11-30-27(2)34(56)20-37(61-44)42(30)43)62-54(73)80-24-28-10-13-39(81-51-47(68)45(66)46(67)48(82-51)50(70)71)36(18-28)60-41(65)26-78-17-16-77-15-14-57-40(64)9-7-5-6-8-29-21-58-53(59-22-29)83(3,75)76/h10,13,18-22,35,45-48,51,66-68,74H,4-5,7,9,11-12,14-17,23-26H2,1-3H3,(H,57,64)(H,60,65)(H,62,73)(H,70,71)/t35-,45+,46+,47-,48+,51-,55+/m1/s1. The largest absolute Gasteiger partial charge is 0.479 e. The average molecular weight is 1190 g/mol. The number of alkyl carbamates (subject to hydrolysis) is 1. The molecule has 0 unspecified atom stereocenters. The van der Waals surface area contributed by atoms with Gasteiger partial charge in [-0.3, -0.25) is 14.4 Å². The fourth-order valence-corrected chi connectivity index (χ4v) is 10.9. The number of carboxylic acid groups (broad SMARTS) is 1. The van der Waals surface area contributed by atoms with E-state index in [4.69, 9.17) is 45.0 Å². The number of fused-ring (bicyclic) bond motifs is 5.